The molecule has 0 saturated heterocycles. The SMILES string of the molecule is COC(=O)C(=Cc1ccc(OCCOc2ccc3ccccc3c2)cc1)C(=O)OC. The summed E-state index contributed by atoms with van der Waals surface area (Å²) in [4.78, 5) is 23.4. The number of rotatable bonds is 8. The van der Waals surface area contributed by atoms with Gasteiger partial charge in [0.2, 0.25) is 0 Å². The smallest absolute Gasteiger partial charge is 0.345 e. The lowest BCUT2D eigenvalue weighted by molar-refractivity contribution is -0.143. The molecule has 0 aromatic heterocycles. The first-order valence-corrected chi connectivity index (χ1v) is 9.33. The average Bonchev–Trinajstić information content (AvgIpc) is 2.80. The number of hydrogen-bond acceptors (Lipinski definition) is 6. The van der Waals surface area contributed by atoms with Gasteiger partial charge in [0.15, 0.2) is 0 Å². The van der Waals surface area contributed by atoms with Crippen molar-refractivity contribution in [2.75, 3.05) is 27.4 Å². The predicted octanol–water partition coefficient (Wildman–Crippen LogP) is 4.03. The van der Waals surface area contributed by atoms with Crippen molar-refractivity contribution in [1.82, 2.24) is 0 Å². The van der Waals surface area contributed by atoms with Gasteiger partial charge in [0.25, 0.3) is 0 Å². The molecule has 0 saturated carbocycles. The van der Waals surface area contributed by atoms with Crippen LogP contribution in [0.1, 0.15) is 5.56 Å². The molecule has 0 N–H and O–H groups in total. The molecule has 0 atom stereocenters. The summed E-state index contributed by atoms with van der Waals surface area (Å²) in [5.74, 6) is -0.0797. The number of carbonyl (C=O) groups excluding carboxylic acids is 2. The molecule has 0 aliphatic carbocycles. The molecular formula is C24H22O6. The van der Waals surface area contributed by atoms with Crippen LogP contribution in [0.2, 0.25) is 0 Å². The summed E-state index contributed by atoms with van der Waals surface area (Å²) in [6.45, 7) is 0.770. The molecule has 30 heavy (non-hydrogen) atoms. The zero-order valence-corrected chi connectivity index (χ0v) is 16.8. The molecule has 154 valence electrons. The van der Waals surface area contributed by atoms with Crippen LogP contribution < -0.4 is 9.47 Å². The molecule has 0 spiro atoms. The zero-order valence-electron chi connectivity index (χ0n) is 16.8. The summed E-state index contributed by atoms with van der Waals surface area (Å²) < 4.78 is 20.7. The highest BCUT2D eigenvalue weighted by Gasteiger charge is 2.19. The van der Waals surface area contributed by atoms with Crippen molar-refractivity contribution < 1.29 is 28.5 Å². The number of hydrogen-bond donors (Lipinski definition) is 0. The highest BCUT2D eigenvalue weighted by Crippen LogP contribution is 2.21. The standard InChI is InChI=1S/C24H22O6/c1-27-23(25)22(24(26)28-2)15-17-7-10-20(11-8-17)29-13-14-30-21-12-9-18-5-3-4-6-19(18)16-21/h3-12,15-16H,13-14H2,1-2H3. The maximum atomic E-state index is 11.7. The van der Waals surface area contributed by atoms with E-state index in [1.807, 2.05) is 36.4 Å². The van der Waals surface area contributed by atoms with Crippen LogP contribution in [0.15, 0.2) is 72.3 Å². The molecule has 0 fully saturated rings. The third-order valence-electron chi connectivity index (χ3n) is 4.34. The van der Waals surface area contributed by atoms with Crippen molar-refractivity contribution in [3.8, 4) is 11.5 Å². The van der Waals surface area contributed by atoms with Crippen molar-refractivity contribution in [2.45, 2.75) is 0 Å². The minimum atomic E-state index is -0.756. The van der Waals surface area contributed by atoms with E-state index in [1.54, 1.807) is 24.3 Å². The van der Waals surface area contributed by atoms with E-state index in [1.165, 1.54) is 20.3 Å². The lowest BCUT2D eigenvalue weighted by atomic mass is 10.1. The summed E-state index contributed by atoms with van der Waals surface area (Å²) in [5.41, 5.74) is 0.456. The van der Waals surface area contributed by atoms with Gasteiger partial charge in [-0.3, -0.25) is 0 Å². The Bertz CT molecular complexity index is 1030. The number of esters is 2. The average molecular weight is 406 g/mol. The molecule has 3 aromatic carbocycles. The van der Waals surface area contributed by atoms with E-state index >= 15 is 0 Å². The monoisotopic (exact) mass is 406 g/mol. The fourth-order valence-corrected chi connectivity index (χ4v) is 2.82. The second-order valence-corrected chi connectivity index (χ2v) is 6.32. The van der Waals surface area contributed by atoms with Crippen LogP contribution in [-0.2, 0) is 19.1 Å². The highest BCUT2D eigenvalue weighted by atomic mass is 16.5. The normalized spacial score (nSPS) is 10.2. The van der Waals surface area contributed by atoms with Gasteiger partial charge >= 0.3 is 11.9 Å². The minimum absolute atomic E-state index is 0.183. The molecule has 0 amide bonds. The van der Waals surface area contributed by atoms with Gasteiger partial charge in [-0.25, -0.2) is 9.59 Å². The number of benzene rings is 3. The summed E-state index contributed by atoms with van der Waals surface area (Å²) in [6.07, 6.45) is 1.41. The summed E-state index contributed by atoms with van der Waals surface area (Å²) in [6, 6.07) is 21.0. The molecule has 0 aliphatic heterocycles. The van der Waals surface area contributed by atoms with Crippen molar-refractivity contribution >= 4 is 28.8 Å². The van der Waals surface area contributed by atoms with Crippen LogP contribution >= 0.6 is 0 Å². The summed E-state index contributed by atoms with van der Waals surface area (Å²) in [7, 11) is 2.41. The van der Waals surface area contributed by atoms with Crippen molar-refractivity contribution in [3.05, 3.63) is 77.9 Å². The fraction of sp³-hybridized carbons (Fsp3) is 0.167. The van der Waals surface area contributed by atoms with E-state index in [0.29, 0.717) is 24.5 Å². The van der Waals surface area contributed by atoms with E-state index in [9.17, 15) is 9.59 Å². The Balaban J connectivity index is 1.54. The van der Waals surface area contributed by atoms with Gasteiger partial charge in [-0.05, 0) is 46.7 Å². The minimum Gasteiger partial charge on any atom is -0.490 e. The number of ether oxygens (including phenoxy) is 4. The number of carbonyl (C=O) groups is 2. The molecular weight excluding hydrogens is 384 g/mol. The molecule has 0 heterocycles. The van der Waals surface area contributed by atoms with Crippen LogP contribution in [-0.4, -0.2) is 39.4 Å². The summed E-state index contributed by atoms with van der Waals surface area (Å²) in [5, 5.41) is 2.29. The molecule has 3 aromatic rings. The second kappa shape index (κ2) is 10.1. The fourth-order valence-electron chi connectivity index (χ4n) is 2.82. The van der Waals surface area contributed by atoms with Crippen molar-refractivity contribution in [2.24, 2.45) is 0 Å². The molecule has 6 nitrogen and oxygen atoms in total. The first-order valence-electron chi connectivity index (χ1n) is 9.33. The van der Waals surface area contributed by atoms with Crippen LogP contribution in [0, 0.1) is 0 Å². The Morgan fingerprint density at radius 1 is 0.733 bits per heavy atom. The predicted molar refractivity (Wildman–Crippen MR) is 113 cm³/mol. The first kappa shape index (κ1) is 20.9. The molecule has 0 aliphatic rings. The maximum Gasteiger partial charge on any atom is 0.345 e. The lowest BCUT2D eigenvalue weighted by Crippen LogP contribution is -2.15. The molecule has 6 heteroatoms. The Labute approximate surface area is 174 Å². The van der Waals surface area contributed by atoms with Crippen molar-refractivity contribution in [3.63, 3.8) is 0 Å². The van der Waals surface area contributed by atoms with E-state index in [0.717, 1.165) is 16.5 Å². The Morgan fingerprint density at radius 3 is 1.93 bits per heavy atom. The van der Waals surface area contributed by atoms with Gasteiger partial charge in [-0.2, -0.15) is 0 Å². The Hall–Kier alpha value is -3.80. The Kier molecular flexibility index (Phi) is 7.05. The quantitative estimate of drug-likeness (QED) is 0.185. The van der Waals surface area contributed by atoms with Gasteiger partial charge in [0, 0.05) is 0 Å². The third-order valence-corrected chi connectivity index (χ3v) is 4.34. The van der Waals surface area contributed by atoms with E-state index < -0.39 is 11.9 Å². The van der Waals surface area contributed by atoms with Gasteiger partial charge in [-0.1, -0.05) is 42.5 Å². The number of methoxy groups -OCH3 is 2. The topological polar surface area (TPSA) is 71.1 Å². The molecule has 3 rings (SSSR count). The van der Waals surface area contributed by atoms with Crippen LogP contribution in [0.25, 0.3) is 16.8 Å². The van der Waals surface area contributed by atoms with Gasteiger partial charge in [0.1, 0.15) is 30.3 Å². The Morgan fingerprint density at radius 2 is 1.30 bits per heavy atom. The van der Waals surface area contributed by atoms with Crippen LogP contribution in [0.3, 0.4) is 0 Å². The molecule has 0 bridgehead atoms. The number of fused-ring (bicyclic) bond motifs is 1. The first-order chi connectivity index (χ1) is 14.6. The van der Waals surface area contributed by atoms with Gasteiger partial charge < -0.3 is 18.9 Å². The van der Waals surface area contributed by atoms with Crippen LogP contribution in [0.4, 0.5) is 0 Å². The van der Waals surface area contributed by atoms with Gasteiger partial charge in [-0.15, -0.1) is 0 Å². The van der Waals surface area contributed by atoms with Crippen molar-refractivity contribution in [1.29, 1.82) is 0 Å². The van der Waals surface area contributed by atoms with Gasteiger partial charge in [0.05, 0.1) is 14.2 Å². The second-order valence-electron chi connectivity index (χ2n) is 6.32. The summed E-state index contributed by atoms with van der Waals surface area (Å²) >= 11 is 0. The molecule has 0 radical (unpaired) electrons. The lowest BCUT2D eigenvalue weighted by Gasteiger charge is -2.09. The zero-order chi connectivity index (χ0) is 21.3. The van der Waals surface area contributed by atoms with E-state index in [-0.39, 0.29) is 5.57 Å². The van der Waals surface area contributed by atoms with E-state index in [2.05, 4.69) is 15.5 Å². The van der Waals surface area contributed by atoms with Crippen LogP contribution in [0.5, 0.6) is 11.5 Å². The third kappa shape index (κ3) is 5.38. The van der Waals surface area contributed by atoms with E-state index in [4.69, 9.17) is 9.47 Å². The maximum absolute atomic E-state index is 11.7. The molecule has 0 unspecified atom stereocenters. The highest BCUT2D eigenvalue weighted by molar-refractivity contribution is 6.17. The largest absolute Gasteiger partial charge is 0.490 e.